The van der Waals surface area contributed by atoms with Gasteiger partial charge in [-0.3, -0.25) is 0 Å². The summed E-state index contributed by atoms with van der Waals surface area (Å²) in [7, 11) is 1.49. The molecule has 3 nitrogen and oxygen atoms in total. The van der Waals surface area contributed by atoms with Gasteiger partial charge in [0.15, 0.2) is 11.5 Å². The van der Waals surface area contributed by atoms with E-state index >= 15 is 0 Å². The topological polar surface area (TPSA) is 53.2 Å². The zero-order valence-corrected chi connectivity index (χ0v) is 13.0. The molecule has 0 aliphatic heterocycles. The lowest BCUT2D eigenvalue weighted by Gasteiger charge is -2.05. The molecular weight excluding hydrogens is 365 g/mol. The lowest BCUT2D eigenvalue weighted by molar-refractivity contribution is 0.373. The van der Waals surface area contributed by atoms with Crippen LogP contribution in [0.25, 0.3) is 11.6 Å². The van der Waals surface area contributed by atoms with Crippen LogP contribution in [0.15, 0.2) is 42.5 Å². The minimum absolute atomic E-state index is 0.0809. The van der Waals surface area contributed by atoms with Crippen LogP contribution in [0.4, 0.5) is 0 Å². The standard InChI is InChI=1S/C16H12INO2/c1-20-16-9-11(2-7-15(16)19)8-13(10-18)12-3-5-14(17)6-4-12/h2-9,19H,1H3/b13-8-. The Balaban J connectivity index is 2.41. The average molecular weight is 377 g/mol. The van der Waals surface area contributed by atoms with Crippen LogP contribution in [0.2, 0.25) is 0 Å². The van der Waals surface area contributed by atoms with E-state index in [1.54, 1.807) is 24.3 Å². The SMILES string of the molecule is COc1cc(/C=C(/C#N)c2ccc(I)cc2)ccc1O. The van der Waals surface area contributed by atoms with Crippen LogP contribution in [0.5, 0.6) is 11.5 Å². The fourth-order valence-corrected chi connectivity index (χ4v) is 2.12. The van der Waals surface area contributed by atoms with Crippen LogP contribution in [0.1, 0.15) is 11.1 Å². The third-order valence-electron chi connectivity index (χ3n) is 2.79. The molecule has 0 saturated carbocycles. The van der Waals surface area contributed by atoms with Crippen LogP contribution >= 0.6 is 22.6 Å². The highest BCUT2D eigenvalue weighted by Crippen LogP contribution is 2.28. The molecule has 0 saturated heterocycles. The molecule has 0 aromatic heterocycles. The molecule has 0 unspecified atom stereocenters. The molecule has 2 aromatic carbocycles. The lowest BCUT2D eigenvalue weighted by Crippen LogP contribution is -1.86. The second-order valence-electron chi connectivity index (χ2n) is 4.11. The van der Waals surface area contributed by atoms with E-state index in [0.717, 1.165) is 14.7 Å². The van der Waals surface area contributed by atoms with E-state index in [2.05, 4.69) is 28.7 Å². The maximum Gasteiger partial charge on any atom is 0.161 e. The molecule has 0 bridgehead atoms. The van der Waals surface area contributed by atoms with Gasteiger partial charge in [0, 0.05) is 3.57 Å². The quantitative estimate of drug-likeness (QED) is 0.499. The molecule has 1 N–H and O–H groups in total. The summed E-state index contributed by atoms with van der Waals surface area (Å²) in [6.45, 7) is 0. The van der Waals surface area contributed by atoms with Gasteiger partial charge in [0.1, 0.15) is 0 Å². The van der Waals surface area contributed by atoms with Gasteiger partial charge >= 0.3 is 0 Å². The lowest BCUT2D eigenvalue weighted by atomic mass is 10.0. The number of aromatic hydroxyl groups is 1. The van der Waals surface area contributed by atoms with E-state index in [1.165, 1.54) is 7.11 Å². The third-order valence-corrected chi connectivity index (χ3v) is 3.51. The Morgan fingerprint density at radius 2 is 1.95 bits per heavy atom. The van der Waals surface area contributed by atoms with Crippen molar-refractivity contribution in [2.45, 2.75) is 0 Å². The number of nitriles is 1. The van der Waals surface area contributed by atoms with Crippen molar-refractivity contribution in [1.29, 1.82) is 5.26 Å². The fraction of sp³-hybridized carbons (Fsp3) is 0.0625. The molecule has 0 spiro atoms. The number of phenols is 1. The van der Waals surface area contributed by atoms with E-state index in [9.17, 15) is 10.4 Å². The highest BCUT2D eigenvalue weighted by Gasteiger charge is 2.04. The number of hydrogen-bond acceptors (Lipinski definition) is 3. The summed E-state index contributed by atoms with van der Waals surface area (Å²) in [5, 5.41) is 18.9. The first-order valence-corrected chi connectivity index (χ1v) is 6.96. The summed E-state index contributed by atoms with van der Waals surface area (Å²) in [5.74, 6) is 0.469. The normalized spacial score (nSPS) is 10.9. The van der Waals surface area contributed by atoms with Crippen molar-refractivity contribution < 1.29 is 9.84 Å². The first kappa shape index (κ1) is 14.4. The van der Waals surface area contributed by atoms with Crippen molar-refractivity contribution in [2.75, 3.05) is 7.11 Å². The van der Waals surface area contributed by atoms with Crippen LogP contribution in [0, 0.1) is 14.9 Å². The molecule has 0 fully saturated rings. The first-order valence-electron chi connectivity index (χ1n) is 5.89. The predicted molar refractivity (Wildman–Crippen MR) is 87.3 cm³/mol. The summed E-state index contributed by atoms with van der Waals surface area (Å²) in [6, 6.07) is 14.9. The van der Waals surface area contributed by atoms with Crippen molar-refractivity contribution in [2.24, 2.45) is 0 Å². The smallest absolute Gasteiger partial charge is 0.161 e. The summed E-state index contributed by atoms with van der Waals surface area (Å²) in [4.78, 5) is 0. The maximum absolute atomic E-state index is 9.56. The number of hydrogen-bond donors (Lipinski definition) is 1. The number of rotatable bonds is 3. The van der Waals surface area contributed by atoms with Crippen molar-refractivity contribution in [3.8, 4) is 17.6 Å². The highest BCUT2D eigenvalue weighted by atomic mass is 127. The van der Waals surface area contributed by atoms with E-state index < -0.39 is 0 Å². The Morgan fingerprint density at radius 1 is 1.25 bits per heavy atom. The van der Waals surface area contributed by atoms with Gasteiger partial charge in [0.05, 0.1) is 18.8 Å². The summed E-state index contributed by atoms with van der Waals surface area (Å²) in [6.07, 6.45) is 1.77. The summed E-state index contributed by atoms with van der Waals surface area (Å²) in [5.41, 5.74) is 2.23. The maximum atomic E-state index is 9.56. The molecular formula is C16H12INO2. The molecule has 0 amide bonds. The zero-order valence-electron chi connectivity index (χ0n) is 10.8. The Labute approximate surface area is 131 Å². The number of allylic oxidation sites excluding steroid dienone is 1. The molecule has 0 aliphatic rings. The number of phenolic OH excluding ortho intramolecular Hbond substituents is 1. The Morgan fingerprint density at radius 3 is 2.55 bits per heavy atom. The molecule has 4 heteroatoms. The van der Waals surface area contributed by atoms with Crippen molar-refractivity contribution in [3.63, 3.8) is 0 Å². The van der Waals surface area contributed by atoms with Gasteiger partial charge in [-0.1, -0.05) is 18.2 Å². The number of halogens is 1. The van der Waals surface area contributed by atoms with E-state index in [0.29, 0.717) is 11.3 Å². The van der Waals surface area contributed by atoms with Gasteiger partial charge in [0.2, 0.25) is 0 Å². The van der Waals surface area contributed by atoms with E-state index in [-0.39, 0.29) is 5.75 Å². The molecule has 100 valence electrons. The summed E-state index contributed by atoms with van der Waals surface area (Å²) >= 11 is 2.22. The van der Waals surface area contributed by atoms with Crippen molar-refractivity contribution >= 4 is 34.2 Å². The van der Waals surface area contributed by atoms with Crippen LogP contribution < -0.4 is 4.74 Å². The van der Waals surface area contributed by atoms with Gasteiger partial charge in [-0.15, -0.1) is 0 Å². The number of benzene rings is 2. The minimum atomic E-state index is 0.0809. The molecule has 0 radical (unpaired) electrons. The third kappa shape index (κ3) is 3.31. The Kier molecular flexibility index (Phi) is 4.64. The number of methoxy groups -OCH3 is 1. The molecule has 0 aliphatic carbocycles. The molecule has 0 atom stereocenters. The molecule has 2 aromatic rings. The highest BCUT2D eigenvalue weighted by molar-refractivity contribution is 14.1. The van der Waals surface area contributed by atoms with Crippen molar-refractivity contribution in [1.82, 2.24) is 0 Å². The van der Waals surface area contributed by atoms with Gasteiger partial charge in [-0.2, -0.15) is 5.26 Å². The largest absolute Gasteiger partial charge is 0.504 e. The monoisotopic (exact) mass is 377 g/mol. The number of ether oxygens (including phenoxy) is 1. The van der Waals surface area contributed by atoms with Crippen LogP contribution in [-0.4, -0.2) is 12.2 Å². The van der Waals surface area contributed by atoms with Gasteiger partial charge < -0.3 is 9.84 Å². The fourth-order valence-electron chi connectivity index (χ4n) is 1.76. The van der Waals surface area contributed by atoms with Crippen LogP contribution in [-0.2, 0) is 0 Å². The number of nitrogens with zero attached hydrogens (tertiary/aromatic N) is 1. The zero-order chi connectivity index (χ0) is 14.5. The molecule has 20 heavy (non-hydrogen) atoms. The minimum Gasteiger partial charge on any atom is -0.504 e. The Bertz CT molecular complexity index is 685. The van der Waals surface area contributed by atoms with E-state index in [4.69, 9.17) is 4.74 Å². The van der Waals surface area contributed by atoms with Gasteiger partial charge in [-0.05, 0) is 64.1 Å². The first-order chi connectivity index (χ1) is 9.63. The second kappa shape index (κ2) is 6.44. The molecule has 0 heterocycles. The van der Waals surface area contributed by atoms with Crippen molar-refractivity contribution in [3.05, 3.63) is 57.2 Å². The van der Waals surface area contributed by atoms with Gasteiger partial charge in [-0.25, -0.2) is 0 Å². The summed E-state index contributed by atoms with van der Waals surface area (Å²) < 4.78 is 6.18. The average Bonchev–Trinajstić information content (AvgIpc) is 2.47. The predicted octanol–water partition coefficient (Wildman–Crippen LogP) is 4.07. The van der Waals surface area contributed by atoms with E-state index in [1.807, 2.05) is 24.3 Å². The van der Waals surface area contributed by atoms with Gasteiger partial charge in [0.25, 0.3) is 0 Å². The molecule has 2 rings (SSSR count). The second-order valence-corrected chi connectivity index (χ2v) is 5.35. The Hall–Kier alpha value is -2.00. The van der Waals surface area contributed by atoms with Crippen LogP contribution in [0.3, 0.4) is 0 Å².